The molecule has 0 spiro atoms. The molecule has 2 fully saturated rings. The van der Waals surface area contributed by atoms with Crippen molar-refractivity contribution in [3.63, 3.8) is 0 Å². The Hall–Kier alpha value is -2.64. The fourth-order valence-corrected chi connectivity index (χ4v) is 3.98. The minimum atomic E-state index is -0.585. The van der Waals surface area contributed by atoms with E-state index in [-0.39, 0.29) is 28.8 Å². The second kappa shape index (κ2) is 8.37. The van der Waals surface area contributed by atoms with Crippen LogP contribution < -0.4 is 5.73 Å². The highest BCUT2D eigenvalue weighted by Crippen LogP contribution is 2.28. The third-order valence-electron chi connectivity index (χ3n) is 5.55. The predicted molar refractivity (Wildman–Crippen MR) is 101 cm³/mol. The Bertz CT molecular complexity index is 730. The number of carbonyl (C=O) groups is 2. The quantitative estimate of drug-likeness (QED) is 0.494. The number of anilines is 1. The molecule has 1 saturated heterocycles. The van der Waals surface area contributed by atoms with E-state index in [2.05, 4.69) is 0 Å². The van der Waals surface area contributed by atoms with Crippen molar-refractivity contribution < 1.29 is 14.5 Å². The normalized spacial score (nSPS) is 18.4. The zero-order valence-electron chi connectivity index (χ0n) is 15.4. The van der Waals surface area contributed by atoms with Crippen LogP contribution in [-0.2, 0) is 4.79 Å². The van der Waals surface area contributed by atoms with Gasteiger partial charge in [0, 0.05) is 44.2 Å². The Kier molecular flexibility index (Phi) is 5.93. The number of hydrogen-bond acceptors (Lipinski definition) is 5. The van der Waals surface area contributed by atoms with Gasteiger partial charge < -0.3 is 15.5 Å². The summed E-state index contributed by atoms with van der Waals surface area (Å²) in [6.07, 6.45) is 6.03. The molecule has 2 N–H and O–H groups in total. The maximum absolute atomic E-state index is 12.8. The number of benzene rings is 1. The van der Waals surface area contributed by atoms with Crippen molar-refractivity contribution in [1.82, 2.24) is 9.80 Å². The molecule has 1 heterocycles. The number of rotatable bonds is 4. The van der Waals surface area contributed by atoms with Crippen molar-refractivity contribution >= 4 is 23.2 Å². The maximum atomic E-state index is 12.8. The fourth-order valence-electron chi connectivity index (χ4n) is 3.98. The molecule has 1 aliphatic carbocycles. The Labute approximate surface area is 158 Å². The van der Waals surface area contributed by atoms with Crippen LogP contribution in [0.5, 0.6) is 0 Å². The number of nitrogens with zero attached hydrogens (tertiary/aromatic N) is 3. The van der Waals surface area contributed by atoms with E-state index in [9.17, 15) is 19.7 Å². The number of hydrogen-bond donors (Lipinski definition) is 1. The van der Waals surface area contributed by atoms with E-state index >= 15 is 0 Å². The Balaban J connectivity index is 1.61. The van der Waals surface area contributed by atoms with Gasteiger partial charge in [-0.15, -0.1) is 0 Å². The number of nitrogen functional groups attached to an aromatic ring is 1. The molecule has 0 radical (unpaired) electrons. The minimum Gasteiger partial charge on any atom is -0.393 e. The van der Waals surface area contributed by atoms with Crippen molar-refractivity contribution in [3.05, 3.63) is 33.9 Å². The summed E-state index contributed by atoms with van der Waals surface area (Å²) in [5.41, 5.74) is 5.63. The lowest BCUT2D eigenvalue weighted by Gasteiger charge is -2.23. The number of carbonyl (C=O) groups excluding carboxylic acids is 2. The van der Waals surface area contributed by atoms with Crippen LogP contribution in [0.3, 0.4) is 0 Å². The summed E-state index contributed by atoms with van der Waals surface area (Å²) >= 11 is 0. The second-order valence-electron chi connectivity index (χ2n) is 7.41. The summed E-state index contributed by atoms with van der Waals surface area (Å²) in [6, 6.07) is 4.13. The van der Waals surface area contributed by atoms with Gasteiger partial charge in [-0.1, -0.05) is 12.8 Å². The number of nitro groups is 1. The van der Waals surface area contributed by atoms with Crippen molar-refractivity contribution in [2.75, 3.05) is 31.9 Å². The lowest BCUT2D eigenvalue weighted by atomic mass is 10.0. The first-order chi connectivity index (χ1) is 13.0. The first kappa shape index (κ1) is 19.1. The first-order valence-corrected chi connectivity index (χ1v) is 9.56. The van der Waals surface area contributed by atoms with Gasteiger partial charge in [0.15, 0.2) is 0 Å². The van der Waals surface area contributed by atoms with Crippen molar-refractivity contribution in [2.24, 2.45) is 5.92 Å². The molecule has 0 unspecified atom stereocenters. The molecule has 0 bridgehead atoms. The van der Waals surface area contributed by atoms with Gasteiger partial charge in [-0.3, -0.25) is 19.7 Å². The van der Waals surface area contributed by atoms with Gasteiger partial charge in [-0.2, -0.15) is 0 Å². The molecule has 1 aliphatic heterocycles. The van der Waals surface area contributed by atoms with Crippen LogP contribution in [-0.4, -0.2) is 52.7 Å². The van der Waals surface area contributed by atoms with Gasteiger partial charge >= 0.3 is 0 Å². The summed E-state index contributed by atoms with van der Waals surface area (Å²) < 4.78 is 0. The molecule has 8 nitrogen and oxygen atoms in total. The average molecular weight is 374 g/mol. The topological polar surface area (TPSA) is 110 Å². The molecule has 8 heteroatoms. The predicted octanol–water partition coefficient (Wildman–Crippen LogP) is 2.43. The van der Waals surface area contributed by atoms with Crippen molar-refractivity contribution in [1.29, 1.82) is 0 Å². The highest BCUT2D eigenvalue weighted by Gasteiger charge is 2.26. The van der Waals surface area contributed by atoms with E-state index in [0.29, 0.717) is 44.9 Å². The van der Waals surface area contributed by atoms with Gasteiger partial charge in [0.05, 0.1) is 4.92 Å². The van der Waals surface area contributed by atoms with Gasteiger partial charge in [0.1, 0.15) is 5.69 Å². The van der Waals surface area contributed by atoms with Crippen molar-refractivity contribution in [2.45, 2.75) is 38.5 Å². The molecule has 1 aromatic carbocycles. The Morgan fingerprint density at radius 3 is 2.44 bits per heavy atom. The zero-order valence-corrected chi connectivity index (χ0v) is 15.4. The van der Waals surface area contributed by atoms with E-state index in [0.717, 1.165) is 12.8 Å². The van der Waals surface area contributed by atoms with Crippen LogP contribution >= 0.6 is 0 Å². The lowest BCUT2D eigenvalue weighted by Crippen LogP contribution is -2.37. The number of amides is 2. The summed E-state index contributed by atoms with van der Waals surface area (Å²) in [5.74, 6) is 0.427. The Morgan fingerprint density at radius 1 is 1.07 bits per heavy atom. The number of nitro benzene ring substituents is 1. The molecule has 2 amide bonds. The molecular formula is C19H26N4O4. The molecule has 27 heavy (non-hydrogen) atoms. The highest BCUT2D eigenvalue weighted by molar-refractivity contribution is 5.95. The average Bonchev–Trinajstić information content (AvgIpc) is 3.02. The first-order valence-electron chi connectivity index (χ1n) is 9.56. The van der Waals surface area contributed by atoms with E-state index in [1.165, 1.54) is 31.0 Å². The molecular weight excluding hydrogens is 348 g/mol. The summed E-state index contributed by atoms with van der Waals surface area (Å²) in [7, 11) is 0. The van der Waals surface area contributed by atoms with Gasteiger partial charge in [-0.25, -0.2) is 0 Å². The summed E-state index contributed by atoms with van der Waals surface area (Å²) in [6.45, 7) is 2.13. The van der Waals surface area contributed by atoms with Crippen LogP contribution in [0, 0.1) is 16.0 Å². The SMILES string of the molecule is Nc1ccc(C(=O)N2CCCN(C(=O)CC3CCCC3)CC2)cc1[N+](=O)[O-]. The number of nitrogens with two attached hydrogens (primary N) is 1. The Morgan fingerprint density at radius 2 is 1.74 bits per heavy atom. The van der Waals surface area contributed by atoms with Crippen LogP contribution in [0.2, 0.25) is 0 Å². The molecule has 1 saturated carbocycles. The third kappa shape index (κ3) is 4.56. The van der Waals surface area contributed by atoms with E-state index in [1.807, 2.05) is 4.90 Å². The highest BCUT2D eigenvalue weighted by atomic mass is 16.6. The lowest BCUT2D eigenvalue weighted by molar-refractivity contribution is -0.383. The van der Waals surface area contributed by atoms with Gasteiger partial charge in [0.2, 0.25) is 5.91 Å². The summed E-state index contributed by atoms with van der Waals surface area (Å²) in [5, 5.41) is 11.0. The van der Waals surface area contributed by atoms with Gasteiger partial charge in [-0.05, 0) is 37.3 Å². The fraction of sp³-hybridized carbons (Fsp3) is 0.579. The van der Waals surface area contributed by atoms with E-state index in [4.69, 9.17) is 5.73 Å². The van der Waals surface area contributed by atoms with Crippen LogP contribution in [0.25, 0.3) is 0 Å². The zero-order chi connectivity index (χ0) is 19.4. The third-order valence-corrected chi connectivity index (χ3v) is 5.55. The molecule has 2 aliphatic rings. The van der Waals surface area contributed by atoms with Crippen molar-refractivity contribution in [3.8, 4) is 0 Å². The molecule has 0 atom stereocenters. The molecule has 146 valence electrons. The molecule has 0 aromatic heterocycles. The van der Waals surface area contributed by atoms with E-state index < -0.39 is 4.92 Å². The molecule has 1 aromatic rings. The second-order valence-corrected chi connectivity index (χ2v) is 7.41. The summed E-state index contributed by atoms with van der Waals surface area (Å²) in [4.78, 5) is 39.3. The molecule has 3 rings (SSSR count). The van der Waals surface area contributed by atoms with Gasteiger partial charge in [0.25, 0.3) is 11.6 Å². The van der Waals surface area contributed by atoms with E-state index in [1.54, 1.807) is 4.90 Å². The van der Waals surface area contributed by atoms with Crippen LogP contribution in [0.4, 0.5) is 11.4 Å². The monoisotopic (exact) mass is 374 g/mol. The smallest absolute Gasteiger partial charge is 0.292 e. The van der Waals surface area contributed by atoms with Crippen LogP contribution in [0.15, 0.2) is 18.2 Å². The standard InChI is InChI=1S/C19H26N4O4/c20-16-7-6-15(13-17(16)23(26)27)19(25)22-9-3-8-21(10-11-22)18(24)12-14-4-1-2-5-14/h6-7,13-14H,1-5,8-12,20H2. The minimum absolute atomic E-state index is 0.0381. The maximum Gasteiger partial charge on any atom is 0.292 e. The largest absolute Gasteiger partial charge is 0.393 e. The van der Waals surface area contributed by atoms with Crippen LogP contribution in [0.1, 0.15) is 48.9 Å².